The van der Waals surface area contributed by atoms with Crippen LogP contribution in [0, 0.1) is 12.3 Å². The van der Waals surface area contributed by atoms with Crippen molar-refractivity contribution in [3.63, 3.8) is 0 Å². The summed E-state index contributed by atoms with van der Waals surface area (Å²) in [5.41, 5.74) is 2.31. The van der Waals surface area contributed by atoms with Gasteiger partial charge in [0.05, 0.1) is 23.9 Å². The minimum atomic E-state index is -0.0802. The molecule has 1 unspecified atom stereocenters. The van der Waals surface area contributed by atoms with E-state index in [2.05, 4.69) is 19.9 Å². The van der Waals surface area contributed by atoms with Crippen molar-refractivity contribution < 1.29 is 14.4 Å². The summed E-state index contributed by atoms with van der Waals surface area (Å²) in [6, 6.07) is 4.49. The van der Waals surface area contributed by atoms with Crippen LogP contribution in [-0.4, -0.2) is 44.1 Å². The maximum atomic E-state index is 12.3. The van der Waals surface area contributed by atoms with Crippen LogP contribution in [0.3, 0.4) is 0 Å². The normalized spacial score (nSPS) is 26.5. The van der Waals surface area contributed by atoms with Crippen LogP contribution in [-0.2, 0) is 20.8 Å². The second kappa shape index (κ2) is 7.77. The standard InChI is InChI=1S/C21H27N5O3S/c1-13-8-16(30-25-13)10-20(28)22-19-11-17(23-24-19)14-2-3-15(9-14)26(29-12-27)18-4-5-21(18)6-7-21/h8,11-12,14-15,18H,2-7,9-10H2,1H3,(H2,22,23,24,28)/t14-,15+,18?/m1/s1. The lowest BCUT2D eigenvalue weighted by atomic mass is 9.75. The van der Waals surface area contributed by atoms with Gasteiger partial charge in [0.2, 0.25) is 5.91 Å². The number of aromatic nitrogens is 3. The Morgan fingerprint density at radius 3 is 2.90 bits per heavy atom. The number of nitrogens with one attached hydrogen (secondary N) is 2. The zero-order chi connectivity index (χ0) is 20.7. The van der Waals surface area contributed by atoms with Gasteiger partial charge in [-0.2, -0.15) is 9.47 Å². The van der Waals surface area contributed by atoms with Crippen LogP contribution in [0.2, 0.25) is 0 Å². The summed E-state index contributed by atoms with van der Waals surface area (Å²) >= 11 is 1.36. The van der Waals surface area contributed by atoms with E-state index in [1.165, 1.54) is 30.8 Å². The van der Waals surface area contributed by atoms with Crippen LogP contribution in [0.15, 0.2) is 12.1 Å². The van der Waals surface area contributed by atoms with Crippen molar-refractivity contribution in [3.05, 3.63) is 28.4 Å². The molecule has 0 bridgehead atoms. The zero-order valence-electron chi connectivity index (χ0n) is 17.1. The summed E-state index contributed by atoms with van der Waals surface area (Å²) in [4.78, 5) is 29.8. The predicted molar refractivity (Wildman–Crippen MR) is 112 cm³/mol. The van der Waals surface area contributed by atoms with Crippen molar-refractivity contribution in [1.29, 1.82) is 0 Å². The van der Waals surface area contributed by atoms with Crippen molar-refractivity contribution >= 4 is 29.7 Å². The SMILES string of the molecule is Cc1cc(CC(=O)Nc2cc([C@@H]3CC[C@H](N(OC=O)C4CCC45CC5)C3)n[nH]2)sn1. The maximum absolute atomic E-state index is 12.3. The molecule has 30 heavy (non-hydrogen) atoms. The predicted octanol–water partition coefficient (Wildman–Crippen LogP) is 3.32. The summed E-state index contributed by atoms with van der Waals surface area (Å²) < 4.78 is 4.21. The number of aromatic amines is 1. The quantitative estimate of drug-likeness (QED) is 0.493. The molecule has 2 aromatic rings. The lowest BCUT2D eigenvalue weighted by Gasteiger charge is -2.45. The molecular formula is C21H27N5O3S. The van der Waals surface area contributed by atoms with E-state index in [9.17, 15) is 9.59 Å². The van der Waals surface area contributed by atoms with Crippen molar-refractivity contribution in [2.45, 2.75) is 76.3 Å². The minimum Gasteiger partial charge on any atom is -0.370 e. The van der Waals surface area contributed by atoms with Crippen LogP contribution in [0.4, 0.5) is 5.82 Å². The Morgan fingerprint density at radius 2 is 2.23 bits per heavy atom. The van der Waals surface area contributed by atoms with Gasteiger partial charge in [0, 0.05) is 22.9 Å². The molecule has 0 aliphatic heterocycles. The van der Waals surface area contributed by atoms with Crippen LogP contribution in [0.5, 0.6) is 0 Å². The number of hydroxylamine groups is 2. The van der Waals surface area contributed by atoms with Gasteiger partial charge in [-0.05, 0) is 74.9 Å². The van der Waals surface area contributed by atoms with Crippen molar-refractivity contribution in [1.82, 2.24) is 19.6 Å². The smallest absolute Gasteiger partial charge is 0.313 e. The topological polar surface area (TPSA) is 100 Å². The first kappa shape index (κ1) is 19.7. The highest BCUT2D eigenvalue weighted by Crippen LogP contribution is 2.63. The fourth-order valence-electron chi connectivity index (χ4n) is 5.21. The highest BCUT2D eigenvalue weighted by Gasteiger charge is 2.59. The van der Waals surface area contributed by atoms with E-state index in [0.717, 1.165) is 41.9 Å². The first-order chi connectivity index (χ1) is 14.6. The average Bonchev–Trinajstić information content (AvgIpc) is 3.01. The molecule has 1 amide bonds. The Labute approximate surface area is 179 Å². The van der Waals surface area contributed by atoms with E-state index in [1.807, 2.05) is 24.1 Å². The van der Waals surface area contributed by atoms with E-state index in [-0.39, 0.29) is 11.9 Å². The molecule has 1 spiro atoms. The van der Waals surface area contributed by atoms with Crippen LogP contribution >= 0.6 is 11.5 Å². The van der Waals surface area contributed by atoms with Crippen molar-refractivity contribution in [2.75, 3.05) is 5.32 Å². The number of amides is 1. The zero-order valence-corrected chi connectivity index (χ0v) is 17.9. The molecular weight excluding hydrogens is 402 g/mol. The molecule has 160 valence electrons. The molecule has 8 nitrogen and oxygen atoms in total. The Bertz CT molecular complexity index is 937. The van der Waals surface area contributed by atoms with Gasteiger partial charge >= 0.3 is 6.47 Å². The number of aryl methyl sites for hydroxylation is 1. The number of anilines is 1. The molecule has 3 aliphatic carbocycles. The number of hydrogen-bond donors (Lipinski definition) is 2. The molecule has 3 saturated carbocycles. The molecule has 0 saturated heterocycles. The summed E-state index contributed by atoms with van der Waals surface area (Å²) in [6.45, 7) is 2.50. The number of carbonyl (C=O) groups excluding carboxylic acids is 2. The second-order valence-electron chi connectivity index (χ2n) is 9.01. The van der Waals surface area contributed by atoms with E-state index < -0.39 is 0 Å². The lowest BCUT2D eigenvalue weighted by Crippen LogP contribution is -2.52. The third-order valence-corrected chi connectivity index (χ3v) is 7.93. The van der Waals surface area contributed by atoms with Crippen LogP contribution in [0.1, 0.15) is 67.1 Å². The number of nitrogens with zero attached hydrogens (tertiary/aromatic N) is 3. The van der Waals surface area contributed by atoms with Gasteiger partial charge in [-0.3, -0.25) is 14.7 Å². The van der Waals surface area contributed by atoms with Crippen LogP contribution in [0.25, 0.3) is 0 Å². The van der Waals surface area contributed by atoms with Gasteiger partial charge in [-0.15, -0.1) is 5.06 Å². The highest BCUT2D eigenvalue weighted by molar-refractivity contribution is 7.05. The van der Waals surface area contributed by atoms with E-state index >= 15 is 0 Å². The molecule has 2 aromatic heterocycles. The summed E-state index contributed by atoms with van der Waals surface area (Å²) in [6.07, 6.45) is 8.12. The van der Waals surface area contributed by atoms with Gasteiger partial charge < -0.3 is 10.2 Å². The third kappa shape index (κ3) is 3.76. The molecule has 3 aliphatic rings. The summed E-state index contributed by atoms with van der Waals surface area (Å²) in [7, 11) is 0. The van der Waals surface area contributed by atoms with Gasteiger partial charge in [0.25, 0.3) is 0 Å². The molecule has 5 rings (SSSR count). The molecule has 3 atom stereocenters. The lowest BCUT2D eigenvalue weighted by molar-refractivity contribution is -0.224. The Balaban J connectivity index is 1.18. The first-order valence-electron chi connectivity index (χ1n) is 10.7. The minimum absolute atomic E-state index is 0.0802. The maximum Gasteiger partial charge on any atom is 0.313 e. The van der Waals surface area contributed by atoms with Gasteiger partial charge in [-0.1, -0.05) is 0 Å². The van der Waals surface area contributed by atoms with Gasteiger partial charge in [-0.25, -0.2) is 0 Å². The fourth-order valence-corrected chi connectivity index (χ4v) is 5.94. The Kier molecular flexibility index (Phi) is 5.10. The second-order valence-corrected chi connectivity index (χ2v) is 9.90. The highest BCUT2D eigenvalue weighted by atomic mass is 32.1. The molecule has 0 aromatic carbocycles. The number of rotatable bonds is 8. The van der Waals surface area contributed by atoms with Crippen LogP contribution < -0.4 is 5.32 Å². The van der Waals surface area contributed by atoms with Gasteiger partial charge in [0.1, 0.15) is 5.82 Å². The Hall–Kier alpha value is -2.26. The number of H-pyrrole nitrogens is 1. The third-order valence-electron chi connectivity index (χ3n) is 7.05. The van der Waals surface area contributed by atoms with E-state index in [1.54, 1.807) is 0 Å². The van der Waals surface area contributed by atoms with E-state index in [4.69, 9.17) is 4.84 Å². The molecule has 2 heterocycles. The van der Waals surface area contributed by atoms with E-state index in [0.29, 0.717) is 36.1 Å². The average molecular weight is 430 g/mol. The summed E-state index contributed by atoms with van der Waals surface area (Å²) in [5, 5.41) is 12.3. The fraction of sp³-hybridized carbons (Fsp3) is 0.619. The monoisotopic (exact) mass is 429 g/mol. The number of carbonyl (C=O) groups is 2. The molecule has 3 fully saturated rings. The first-order valence-corrected chi connectivity index (χ1v) is 11.5. The van der Waals surface area contributed by atoms with Gasteiger partial charge in [0.15, 0.2) is 0 Å². The van der Waals surface area contributed by atoms with Crippen molar-refractivity contribution in [2.24, 2.45) is 5.41 Å². The molecule has 9 heteroatoms. The largest absolute Gasteiger partial charge is 0.370 e. The Morgan fingerprint density at radius 1 is 1.37 bits per heavy atom. The number of hydrogen-bond acceptors (Lipinski definition) is 7. The van der Waals surface area contributed by atoms with Crippen molar-refractivity contribution in [3.8, 4) is 0 Å². The molecule has 0 radical (unpaired) electrons. The summed E-state index contributed by atoms with van der Waals surface area (Å²) in [5.74, 6) is 0.842. The molecule has 2 N–H and O–H groups in total.